The van der Waals surface area contributed by atoms with Crippen molar-refractivity contribution < 1.29 is 84.3 Å². The summed E-state index contributed by atoms with van der Waals surface area (Å²) < 4.78 is 0. The molecule has 0 saturated carbocycles. The van der Waals surface area contributed by atoms with Gasteiger partial charge in [-0.25, -0.2) is 0 Å². The van der Waals surface area contributed by atoms with Crippen LogP contribution in [-0.4, -0.2) is 80.7 Å². The number of hydrogen-bond donors (Lipinski definition) is 0. The number of fused-ring (bicyclic) bond motifs is 2. The van der Waals surface area contributed by atoms with Crippen LogP contribution in [0.15, 0.2) is 219 Å². The second-order valence-electron chi connectivity index (χ2n) is 43.9. The van der Waals surface area contributed by atoms with Gasteiger partial charge in [0.1, 0.15) is 0 Å². The van der Waals surface area contributed by atoms with E-state index in [9.17, 15) is 0 Å². The fraction of sp³-hybridized carbons (Fsp3) is 0.404. The number of hydrogen-bond acceptors (Lipinski definition) is 16. The van der Waals surface area contributed by atoms with E-state index in [1.54, 1.807) is 0 Å². The van der Waals surface area contributed by atoms with Gasteiger partial charge in [0.15, 0.2) is 0 Å². The van der Waals surface area contributed by atoms with Crippen LogP contribution in [0.2, 0.25) is 0 Å². The summed E-state index contributed by atoms with van der Waals surface area (Å²) in [5, 5.41) is 70.2. The smallest absolute Gasteiger partial charge is 0.573 e. The van der Waals surface area contributed by atoms with Gasteiger partial charge in [0.25, 0.3) is 0 Å². The van der Waals surface area contributed by atoms with Gasteiger partial charge in [0, 0.05) is 117 Å². The van der Waals surface area contributed by atoms with Crippen LogP contribution in [0.3, 0.4) is 0 Å². The molecular weight excluding hydrogens is 2490 g/mol. The predicted molar refractivity (Wildman–Crippen MR) is 557 cm³/mol. The fourth-order valence-corrected chi connectivity index (χ4v) is 14.8. The van der Waals surface area contributed by atoms with E-state index in [2.05, 4.69) is 351 Å². The first-order valence-electron chi connectivity index (χ1n) is 48.0. The Morgan fingerprint density at radius 3 is 0.894 bits per heavy atom. The van der Waals surface area contributed by atoms with Crippen LogP contribution in [0.5, 0.6) is 0 Å². The molecule has 0 saturated heterocycles. The Balaban J connectivity index is 0.000000226. The summed E-state index contributed by atoms with van der Waals surface area (Å²) in [5.41, 5.74) is 31.1. The number of benzene rings is 1. The van der Waals surface area contributed by atoms with Gasteiger partial charge in [0.05, 0.1) is 45.6 Å². The van der Waals surface area contributed by atoms with Crippen molar-refractivity contribution >= 4 is 10.9 Å². The monoisotopic (exact) mass is 2630 g/mol. The van der Waals surface area contributed by atoms with E-state index in [1.165, 1.54) is 46.2 Å². The zero-order valence-electron chi connectivity index (χ0n) is 88.2. The van der Waals surface area contributed by atoms with E-state index in [0.29, 0.717) is 11.8 Å². The molecule has 0 N–H and O–H groups in total. The van der Waals surface area contributed by atoms with Crippen molar-refractivity contribution in [2.45, 2.75) is 295 Å². The van der Waals surface area contributed by atoms with Crippen molar-refractivity contribution in [3.63, 3.8) is 0 Å². The van der Waals surface area contributed by atoms with Crippen molar-refractivity contribution in [1.29, 1.82) is 0 Å². The molecule has 0 fully saturated rings. The second-order valence-corrected chi connectivity index (χ2v) is 43.9. The van der Waals surface area contributed by atoms with Crippen molar-refractivity contribution in [2.24, 2.45) is 5.92 Å². The topological polar surface area (TPSA) is 319 Å². The maximum Gasteiger partial charge on any atom is 2.00 e. The molecule has 756 valence electrons. The van der Waals surface area contributed by atoms with Gasteiger partial charge < -0.3 is 81.6 Å². The minimum atomic E-state index is -0.0315. The van der Waals surface area contributed by atoms with E-state index < -0.39 is 0 Å². The Labute approximate surface area is 899 Å². The maximum atomic E-state index is 4.84. The van der Waals surface area contributed by atoms with E-state index in [1.807, 2.05) is 178 Å². The van der Waals surface area contributed by atoms with Gasteiger partial charge in [-0.2, -0.15) is 0 Å². The summed E-state index contributed by atoms with van der Waals surface area (Å²) in [7, 11) is 0. The quantitative estimate of drug-likeness (QED) is 0.110. The summed E-state index contributed by atoms with van der Waals surface area (Å²) in [6.45, 7) is 64.8. The first-order chi connectivity index (χ1) is 65.0. The van der Waals surface area contributed by atoms with Gasteiger partial charge >= 0.3 is 84.3 Å². The Hall–Kier alpha value is -10.9. The standard InChI is InChI=1S/C22H29N5.C19H21N5.C19H17N5.C18H21N5.4C9H13N.4Pt/c1-13(2)11-18-20(14(3)4)21(27-25-18)16-10-8-9-15(23-16)17-12-19(26-24-17)22(5,6)7;2*1-19(2,3)17-11-16(22-23-17)14-9-6-10-15(20-14)18-12-7-4-5-8-13(12)21-24-18;1-6-12-11(2)17(23-20-12)14-9-7-8-13(19-14)15-10-16(22-21-15)18(3,4)5;4*1-9(2,3)8-4-6-10-7-5-8;;;;/h8-10,12-14H,11H2,1-7H3;6,9-11H,4-5,7-8H2,1-3H3;4-11H,1-3H3;7-10H,6H2,1-5H3;4*4-7H,1-3H3;;;;/q4*-2;;;;;4*+2. The minimum absolute atomic E-state index is 0. The van der Waals surface area contributed by atoms with Crippen LogP contribution in [0.1, 0.15) is 298 Å². The molecule has 0 amide bonds. The predicted octanol–water partition coefficient (Wildman–Crippen LogP) is 24.4. The molecule has 18 rings (SSSR count). The molecule has 0 radical (unpaired) electrons. The summed E-state index contributed by atoms with van der Waals surface area (Å²) >= 11 is 0. The largest absolute Gasteiger partial charge is 2.00 e. The third kappa shape index (κ3) is 33.1. The Morgan fingerprint density at radius 1 is 0.289 bits per heavy atom. The van der Waals surface area contributed by atoms with Crippen molar-refractivity contribution in [1.82, 2.24) is 121 Å². The first kappa shape index (κ1) is 118. The van der Waals surface area contributed by atoms with E-state index >= 15 is 0 Å². The first-order valence-corrected chi connectivity index (χ1v) is 48.0. The average Bonchev–Trinajstić information content (AvgIpc) is 1.66. The third-order valence-electron chi connectivity index (χ3n) is 23.3. The molecule has 0 unspecified atom stereocenters. The minimum Gasteiger partial charge on any atom is -0.573 e. The molecule has 28 heteroatoms. The Bertz CT molecular complexity index is 6460. The molecule has 0 aliphatic heterocycles. The average molecular weight is 2630 g/mol. The van der Waals surface area contributed by atoms with E-state index in [-0.39, 0.29) is 128 Å². The number of aryl methyl sites for hydroxylation is 2. The van der Waals surface area contributed by atoms with Gasteiger partial charge in [-0.05, 0) is 226 Å². The van der Waals surface area contributed by atoms with Crippen LogP contribution in [-0.2, 0) is 153 Å². The fourth-order valence-electron chi connectivity index (χ4n) is 14.8. The van der Waals surface area contributed by atoms with Gasteiger partial charge in [-0.1, -0.05) is 313 Å². The number of nitrogens with zero attached hydrogens (tertiary/aromatic N) is 24. The molecule has 1 aromatic carbocycles. The van der Waals surface area contributed by atoms with Gasteiger partial charge in [-0.15, -0.1) is 0 Å². The molecule has 1 aliphatic rings. The molecule has 1 aliphatic carbocycles. The van der Waals surface area contributed by atoms with Crippen LogP contribution >= 0.6 is 0 Å². The Morgan fingerprint density at radius 2 is 0.585 bits per heavy atom. The van der Waals surface area contributed by atoms with Crippen LogP contribution in [0.25, 0.3) is 102 Å². The maximum absolute atomic E-state index is 4.84. The molecule has 16 aromatic heterocycles. The number of rotatable bonds is 12. The van der Waals surface area contributed by atoms with Crippen LogP contribution < -0.4 is 40.8 Å². The van der Waals surface area contributed by atoms with Crippen molar-refractivity contribution in [3.05, 3.63) is 298 Å². The normalized spacial score (nSPS) is 12.0. The van der Waals surface area contributed by atoms with E-state index in [4.69, 9.17) is 19.9 Å². The molecule has 16 heterocycles. The van der Waals surface area contributed by atoms with Gasteiger partial charge in [-0.3, -0.25) is 39.9 Å². The second kappa shape index (κ2) is 51.6. The zero-order chi connectivity index (χ0) is 100. The molecule has 0 atom stereocenters. The molecule has 0 bridgehead atoms. The van der Waals surface area contributed by atoms with Crippen LogP contribution in [0.4, 0.5) is 0 Å². The molecule has 17 aromatic rings. The van der Waals surface area contributed by atoms with Crippen LogP contribution in [0, 0.1) is 12.8 Å². The SMILES string of the molecule is CC(C)(C)c1cc(-c2cccc(-c3[n-]nc4c3CCCC4)n2)[n-]n1.CC(C)(C)c1cc(-c2cccc(-c3[n-]nc4ccccc34)n2)[n-]n1.CC(C)(C)c1ccncc1.CC(C)(C)c1ccncc1.CC(C)(C)c1ccncc1.CC(C)(C)c1ccncc1.CC(C)Cc1n[n-]c(-c2cccc(-c3cc(C(C)(C)C)n[n-]3)n2)c1C(C)C.CCc1n[n-]c(-c2cccc(-c3cc(C(C)(C)C)n[n-]3)n2)c1C.[Pt+2].[Pt+2].[Pt+2].[Pt+2]. The number of pyridine rings is 8. The van der Waals surface area contributed by atoms with Crippen molar-refractivity contribution in [3.8, 4) is 91.1 Å². The molecule has 24 nitrogen and oxygen atoms in total. The third-order valence-corrected chi connectivity index (χ3v) is 23.3. The summed E-state index contributed by atoms with van der Waals surface area (Å²) in [6, 6.07) is 56.1. The zero-order valence-corrected chi connectivity index (χ0v) is 97.3. The van der Waals surface area contributed by atoms with Crippen molar-refractivity contribution in [2.75, 3.05) is 0 Å². The van der Waals surface area contributed by atoms with E-state index in [0.717, 1.165) is 173 Å². The van der Waals surface area contributed by atoms with Gasteiger partial charge in [0.2, 0.25) is 0 Å². The molecule has 0 spiro atoms. The molecule has 142 heavy (non-hydrogen) atoms. The summed E-state index contributed by atoms with van der Waals surface area (Å²) in [4.78, 5) is 34.9. The summed E-state index contributed by atoms with van der Waals surface area (Å²) in [6.07, 6.45) is 21.0. The molecular formula is C114H140N24Pt4. The Kier molecular flexibility index (Phi) is 42.9. The number of aromatic nitrogens is 24. The summed E-state index contributed by atoms with van der Waals surface area (Å²) in [5.74, 6) is 0.891.